The smallest absolute Gasteiger partial charge is 0.129 e. The number of benzene rings is 1. The summed E-state index contributed by atoms with van der Waals surface area (Å²) >= 11 is 1.74. The summed E-state index contributed by atoms with van der Waals surface area (Å²) in [7, 11) is 0. The van der Waals surface area contributed by atoms with Gasteiger partial charge in [-0.3, -0.25) is 0 Å². The van der Waals surface area contributed by atoms with Gasteiger partial charge in [0.1, 0.15) is 5.75 Å². The van der Waals surface area contributed by atoms with Crippen LogP contribution in [0.1, 0.15) is 19.4 Å². The summed E-state index contributed by atoms with van der Waals surface area (Å²) in [4.78, 5) is 0. The van der Waals surface area contributed by atoms with E-state index in [-0.39, 0.29) is 6.10 Å². The van der Waals surface area contributed by atoms with Crippen LogP contribution in [0.2, 0.25) is 0 Å². The maximum atomic E-state index is 5.86. The van der Waals surface area contributed by atoms with Crippen molar-refractivity contribution in [2.45, 2.75) is 26.5 Å². The van der Waals surface area contributed by atoms with Crippen molar-refractivity contribution in [2.75, 3.05) is 0 Å². The summed E-state index contributed by atoms with van der Waals surface area (Å²) in [5, 5.41) is 5.50. The predicted molar refractivity (Wildman–Crippen MR) is 81.1 cm³/mol. The molecule has 3 rings (SSSR count). The molecule has 0 spiro atoms. The summed E-state index contributed by atoms with van der Waals surface area (Å²) in [5.41, 5.74) is 2.57. The van der Waals surface area contributed by atoms with E-state index in [1.807, 2.05) is 6.07 Å². The van der Waals surface area contributed by atoms with Gasteiger partial charge >= 0.3 is 0 Å². The molecule has 0 N–H and O–H groups in total. The zero-order chi connectivity index (χ0) is 13.2. The van der Waals surface area contributed by atoms with E-state index in [0.29, 0.717) is 0 Å². The highest BCUT2D eigenvalue weighted by molar-refractivity contribution is 7.07. The second kappa shape index (κ2) is 5.10. The average molecular weight is 271 g/mol. The minimum absolute atomic E-state index is 0.200. The molecule has 2 heterocycles. The van der Waals surface area contributed by atoms with Crippen molar-refractivity contribution < 1.29 is 4.74 Å². The van der Waals surface area contributed by atoms with Crippen molar-refractivity contribution in [3.63, 3.8) is 0 Å². The summed E-state index contributed by atoms with van der Waals surface area (Å²) in [6.45, 7) is 5.03. The van der Waals surface area contributed by atoms with Gasteiger partial charge in [-0.05, 0) is 54.4 Å². The van der Waals surface area contributed by atoms with E-state index in [1.54, 1.807) is 11.3 Å². The maximum Gasteiger partial charge on any atom is 0.129 e. The Morgan fingerprint density at radius 3 is 2.84 bits per heavy atom. The summed E-state index contributed by atoms with van der Waals surface area (Å²) < 4.78 is 8.13. The highest BCUT2D eigenvalue weighted by Crippen LogP contribution is 2.28. The Labute approximate surface area is 117 Å². The number of ether oxygens (including phenoxy) is 1. The van der Waals surface area contributed by atoms with E-state index < -0.39 is 0 Å². The molecule has 19 heavy (non-hydrogen) atoms. The molecule has 0 radical (unpaired) electrons. The molecule has 0 atom stereocenters. The quantitative estimate of drug-likeness (QED) is 0.679. The molecule has 2 nitrogen and oxygen atoms in total. The third kappa shape index (κ3) is 2.51. The van der Waals surface area contributed by atoms with E-state index in [2.05, 4.69) is 59.6 Å². The van der Waals surface area contributed by atoms with Gasteiger partial charge in [-0.25, -0.2) is 0 Å². The van der Waals surface area contributed by atoms with Gasteiger partial charge in [-0.2, -0.15) is 11.3 Å². The highest BCUT2D eigenvalue weighted by atomic mass is 32.1. The lowest BCUT2D eigenvalue weighted by Gasteiger charge is -2.11. The van der Waals surface area contributed by atoms with Gasteiger partial charge in [0.25, 0.3) is 0 Å². The fraction of sp³-hybridized carbons (Fsp3) is 0.250. The summed E-state index contributed by atoms with van der Waals surface area (Å²) in [6.07, 6.45) is 2.33. The molecule has 0 amide bonds. The first-order valence-corrected chi connectivity index (χ1v) is 7.44. The third-order valence-electron chi connectivity index (χ3n) is 3.07. The van der Waals surface area contributed by atoms with Gasteiger partial charge in [-0.1, -0.05) is 6.07 Å². The Bertz CT molecular complexity index is 667. The van der Waals surface area contributed by atoms with Crippen LogP contribution < -0.4 is 4.74 Å². The Morgan fingerprint density at radius 2 is 2.11 bits per heavy atom. The molecule has 0 aliphatic carbocycles. The van der Waals surface area contributed by atoms with Gasteiger partial charge in [0.2, 0.25) is 0 Å². The first kappa shape index (κ1) is 12.3. The SMILES string of the molecule is CC(C)Oc1cccc2c1ccn2Cc1ccsc1. The molecule has 2 aromatic heterocycles. The molecule has 0 saturated carbocycles. The van der Waals surface area contributed by atoms with Crippen molar-refractivity contribution in [1.29, 1.82) is 0 Å². The topological polar surface area (TPSA) is 14.2 Å². The van der Waals surface area contributed by atoms with E-state index in [0.717, 1.165) is 12.3 Å². The average Bonchev–Trinajstić information content (AvgIpc) is 3.00. The third-order valence-corrected chi connectivity index (χ3v) is 3.80. The minimum Gasteiger partial charge on any atom is -0.490 e. The van der Waals surface area contributed by atoms with Crippen LogP contribution in [0.4, 0.5) is 0 Å². The largest absolute Gasteiger partial charge is 0.490 e. The molecular weight excluding hydrogens is 254 g/mol. The number of nitrogens with zero attached hydrogens (tertiary/aromatic N) is 1. The first-order chi connectivity index (χ1) is 9.24. The summed E-state index contributed by atoms with van der Waals surface area (Å²) in [6, 6.07) is 10.6. The maximum absolute atomic E-state index is 5.86. The van der Waals surface area contributed by atoms with Crippen LogP contribution in [0, 0.1) is 0 Å². The molecule has 3 heteroatoms. The van der Waals surface area contributed by atoms with Crippen LogP contribution in [0.25, 0.3) is 10.9 Å². The fourth-order valence-corrected chi connectivity index (χ4v) is 2.93. The molecule has 1 aromatic carbocycles. The fourth-order valence-electron chi connectivity index (χ4n) is 2.27. The zero-order valence-corrected chi connectivity index (χ0v) is 12.0. The van der Waals surface area contributed by atoms with Crippen LogP contribution >= 0.6 is 11.3 Å². The molecule has 0 aliphatic rings. The molecule has 0 unspecified atom stereocenters. The van der Waals surface area contributed by atoms with Crippen molar-refractivity contribution in [3.8, 4) is 5.75 Å². The lowest BCUT2D eigenvalue weighted by Crippen LogP contribution is -2.05. The molecule has 0 aliphatic heterocycles. The lowest BCUT2D eigenvalue weighted by molar-refractivity contribution is 0.245. The summed E-state index contributed by atoms with van der Waals surface area (Å²) in [5.74, 6) is 0.969. The predicted octanol–water partition coefficient (Wildman–Crippen LogP) is 4.54. The number of hydrogen-bond acceptors (Lipinski definition) is 2. The van der Waals surface area contributed by atoms with Crippen LogP contribution in [0.3, 0.4) is 0 Å². The molecule has 0 bridgehead atoms. The van der Waals surface area contributed by atoms with Gasteiger partial charge in [0.05, 0.1) is 11.6 Å². The van der Waals surface area contributed by atoms with E-state index >= 15 is 0 Å². The van der Waals surface area contributed by atoms with Crippen molar-refractivity contribution >= 4 is 22.2 Å². The second-order valence-electron chi connectivity index (χ2n) is 4.93. The monoisotopic (exact) mass is 271 g/mol. The zero-order valence-electron chi connectivity index (χ0n) is 11.2. The Hall–Kier alpha value is -1.74. The molecule has 98 valence electrons. The van der Waals surface area contributed by atoms with E-state index in [1.165, 1.54) is 16.5 Å². The Kier molecular flexibility index (Phi) is 3.30. The van der Waals surface area contributed by atoms with Gasteiger partial charge in [0.15, 0.2) is 0 Å². The van der Waals surface area contributed by atoms with E-state index in [9.17, 15) is 0 Å². The van der Waals surface area contributed by atoms with Crippen LogP contribution in [0.5, 0.6) is 5.75 Å². The van der Waals surface area contributed by atoms with Crippen LogP contribution in [-0.4, -0.2) is 10.7 Å². The Morgan fingerprint density at radius 1 is 1.21 bits per heavy atom. The molecule has 0 fully saturated rings. The van der Waals surface area contributed by atoms with Gasteiger partial charge < -0.3 is 9.30 Å². The lowest BCUT2D eigenvalue weighted by atomic mass is 10.2. The van der Waals surface area contributed by atoms with Crippen LogP contribution in [-0.2, 0) is 6.54 Å². The van der Waals surface area contributed by atoms with Crippen LogP contribution in [0.15, 0.2) is 47.3 Å². The van der Waals surface area contributed by atoms with Gasteiger partial charge in [-0.15, -0.1) is 0 Å². The molecule has 3 aromatic rings. The highest BCUT2D eigenvalue weighted by Gasteiger charge is 2.08. The van der Waals surface area contributed by atoms with Crippen molar-refractivity contribution in [2.24, 2.45) is 0 Å². The van der Waals surface area contributed by atoms with E-state index in [4.69, 9.17) is 4.74 Å². The van der Waals surface area contributed by atoms with Crippen molar-refractivity contribution in [3.05, 3.63) is 52.9 Å². The van der Waals surface area contributed by atoms with Gasteiger partial charge in [0, 0.05) is 18.1 Å². The van der Waals surface area contributed by atoms with Crippen molar-refractivity contribution in [1.82, 2.24) is 4.57 Å². The molecular formula is C16H17NOS. The number of rotatable bonds is 4. The number of thiophene rings is 1. The standard InChI is InChI=1S/C16H17NOS/c1-12(2)18-16-5-3-4-15-14(16)6-8-17(15)10-13-7-9-19-11-13/h3-9,11-12H,10H2,1-2H3. The molecule has 0 saturated heterocycles. The Balaban J connectivity index is 1.99. The number of aromatic nitrogens is 1. The first-order valence-electron chi connectivity index (χ1n) is 6.49. The second-order valence-corrected chi connectivity index (χ2v) is 5.71. The number of hydrogen-bond donors (Lipinski definition) is 0. The minimum atomic E-state index is 0.200. The normalized spacial score (nSPS) is 11.3. The number of fused-ring (bicyclic) bond motifs is 1.